The van der Waals surface area contributed by atoms with Crippen molar-refractivity contribution < 1.29 is 4.79 Å². The summed E-state index contributed by atoms with van der Waals surface area (Å²) in [5.74, 6) is 3.35. The Hall–Kier alpha value is -1.02. The highest BCUT2D eigenvalue weighted by atomic mass is 32.2. The van der Waals surface area contributed by atoms with Gasteiger partial charge in [0.05, 0.1) is 0 Å². The number of piperidine rings is 1. The number of hydrogen-bond acceptors (Lipinski definition) is 4. The number of amides is 2. The van der Waals surface area contributed by atoms with E-state index in [0.717, 1.165) is 56.4 Å². The molecule has 0 aromatic carbocycles. The van der Waals surface area contributed by atoms with Crippen molar-refractivity contribution in [2.45, 2.75) is 18.8 Å². The topological polar surface area (TPSA) is 57.2 Å². The third kappa shape index (κ3) is 3.11. The van der Waals surface area contributed by atoms with Crippen molar-refractivity contribution in [1.29, 1.82) is 0 Å². The van der Waals surface area contributed by atoms with E-state index in [1.54, 1.807) is 0 Å². The number of hydrogen-bond donors (Lipinski definition) is 1. The molecule has 2 amide bonds. The van der Waals surface area contributed by atoms with Crippen LogP contribution in [0.5, 0.6) is 0 Å². The average molecular weight is 327 g/mol. The van der Waals surface area contributed by atoms with Crippen molar-refractivity contribution in [2.75, 3.05) is 37.7 Å². The van der Waals surface area contributed by atoms with Crippen molar-refractivity contribution in [3.8, 4) is 0 Å². The van der Waals surface area contributed by atoms with Crippen LogP contribution < -0.4 is 0 Å². The zero-order valence-corrected chi connectivity index (χ0v) is 13.9. The molecular formula is C13H21N5OS2. The maximum atomic E-state index is 12.6. The molecule has 2 fully saturated rings. The minimum absolute atomic E-state index is 0.191. The van der Waals surface area contributed by atoms with E-state index in [4.69, 9.17) is 12.2 Å². The maximum absolute atomic E-state index is 12.6. The highest BCUT2D eigenvalue weighted by molar-refractivity contribution is 7.99. The summed E-state index contributed by atoms with van der Waals surface area (Å²) in [5, 5.41) is 7.18. The number of nitrogens with one attached hydrogen (secondary N) is 1. The number of H-pyrrole nitrogens is 1. The normalized spacial score (nSPS) is 23.4. The molecule has 21 heavy (non-hydrogen) atoms. The summed E-state index contributed by atoms with van der Waals surface area (Å²) in [6.07, 6.45) is 2.09. The highest BCUT2D eigenvalue weighted by Crippen LogP contribution is 2.26. The molecule has 1 aromatic rings. The molecule has 3 heterocycles. The van der Waals surface area contributed by atoms with Gasteiger partial charge in [-0.25, -0.2) is 4.79 Å². The predicted octanol–water partition coefficient (Wildman–Crippen LogP) is 1.83. The lowest BCUT2D eigenvalue weighted by Crippen LogP contribution is -2.49. The lowest BCUT2D eigenvalue weighted by Gasteiger charge is -2.37. The van der Waals surface area contributed by atoms with Crippen LogP contribution in [0.2, 0.25) is 0 Å². The van der Waals surface area contributed by atoms with Crippen molar-refractivity contribution in [3.63, 3.8) is 0 Å². The van der Waals surface area contributed by atoms with Gasteiger partial charge in [-0.1, -0.05) is 0 Å². The Morgan fingerprint density at radius 2 is 2.10 bits per heavy atom. The number of carbonyl (C=O) groups is 1. The van der Waals surface area contributed by atoms with E-state index in [9.17, 15) is 4.79 Å². The number of carbonyl (C=O) groups excluding carboxylic acids is 1. The first-order chi connectivity index (χ1) is 10.2. The van der Waals surface area contributed by atoms with E-state index in [1.807, 2.05) is 33.2 Å². The fourth-order valence-corrected chi connectivity index (χ4v) is 4.08. The second-order valence-electron chi connectivity index (χ2n) is 5.61. The van der Waals surface area contributed by atoms with Gasteiger partial charge >= 0.3 is 6.03 Å². The van der Waals surface area contributed by atoms with E-state index in [-0.39, 0.29) is 11.9 Å². The van der Waals surface area contributed by atoms with Gasteiger partial charge in [-0.2, -0.15) is 16.9 Å². The summed E-state index contributed by atoms with van der Waals surface area (Å²) in [6, 6.07) is 0.191. The number of nitrogens with zero attached hydrogens (tertiary/aromatic N) is 4. The lowest BCUT2D eigenvalue weighted by molar-refractivity contribution is 0.141. The minimum atomic E-state index is 0.191. The Bertz CT molecular complexity index is 563. The zero-order valence-electron chi connectivity index (χ0n) is 12.2. The van der Waals surface area contributed by atoms with Gasteiger partial charge < -0.3 is 14.4 Å². The van der Waals surface area contributed by atoms with E-state index >= 15 is 0 Å². The third-order valence-electron chi connectivity index (χ3n) is 4.25. The largest absolute Gasteiger partial charge is 0.324 e. The van der Waals surface area contributed by atoms with Crippen LogP contribution in [0.4, 0.5) is 4.79 Å². The fourth-order valence-electron chi connectivity index (χ4n) is 3.04. The molecular weight excluding hydrogens is 306 g/mol. The van der Waals surface area contributed by atoms with Crippen molar-refractivity contribution in [1.82, 2.24) is 24.6 Å². The number of aromatic amines is 1. The van der Waals surface area contributed by atoms with Crippen molar-refractivity contribution >= 4 is 30.0 Å². The lowest BCUT2D eigenvalue weighted by atomic mass is 9.97. The standard InChI is InChI=1S/C13H21N5OS2/c1-16-11(14-15-12(16)20)10-3-2-4-18(9-10)13(19)17-5-7-21-8-6-17/h10H,2-9H2,1H3,(H,15,20). The second-order valence-corrected chi connectivity index (χ2v) is 7.22. The summed E-state index contributed by atoms with van der Waals surface area (Å²) in [6.45, 7) is 3.35. The Morgan fingerprint density at radius 1 is 1.33 bits per heavy atom. The first-order valence-corrected chi connectivity index (χ1v) is 8.96. The molecule has 0 radical (unpaired) electrons. The first-order valence-electron chi connectivity index (χ1n) is 7.39. The molecule has 1 N–H and O–H groups in total. The fraction of sp³-hybridized carbons (Fsp3) is 0.769. The Kier molecular flexibility index (Phi) is 4.54. The summed E-state index contributed by atoms with van der Waals surface area (Å²) in [4.78, 5) is 16.6. The van der Waals surface area contributed by atoms with E-state index in [2.05, 4.69) is 10.2 Å². The third-order valence-corrected chi connectivity index (χ3v) is 5.56. The molecule has 116 valence electrons. The molecule has 6 nitrogen and oxygen atoms in total. The van der Waals surface area contributed by atoms with E-state index in [1.165, 1.54) is 0 Å². The van der Waals surface area contributed by atoms with Crippen LogP contribution in [-0.2, 0) is 7.05 Å². The van der Waals surface area contributed by atoms with Gasteiger partial charge in [0, 0.05) is 50.7 Å². The van der Waals surface area contributed by atoms with Gasteiger partial charge in [-0.05, 0) is 25.1 Å². The quantitative estimate of drug-likeness (QED) is 0.800. The number of rotatable bonds is 1. The van der Waals surface area contributed by atoms with Gasteiger partial charge in [0.25, 0.3) is 0 Å². The molecule has 2 aliphatic heterocycles. The second kappa shape index (κ2) is 6.39. The Labute approximate surface area is 133 Å². The Balaban J connectivity index is 1.69. The van der Waals surface area contributed by atoms with Crippen LogP contribution in [0.3, 0.4) is 0 Å². The van der Waals surface area contributed by atoms with Gasteiger partial charge in [0.1, 0.15) is 5.82 Å². The molecule has 8 heteroatoms. The van der Waals surface area contributed by atoms with E-state index in [0.29, 0.717) is 4.77 Å². The van der Waals surface area contributed by atoms with Crippen LogP contribution in [0.25, 0.3) is 0 Å². The van der Waals surface area contributed by atoms with Crippen LogP contribution in [-0.4, -0.2) is 68.3 Å². The number of aromatic nitrogens is 3. The summed E-state index contributed by atoms with van der Waals surface area (Å²) in [7, 11) is 1.93. The molecule has 0 spiro atoms. The van der Waals surface area contributed by atoms with Crippen LogP contribution in [0.15, 0.2) is 0 Å². The summed E-state index contributed by atoms with van der Waals surface area (Å²) < 4.78 is 2.56. The molecule has 3 rings (SSSR count). The van der Waals surface area contributed by atoms with Gasteiger partial charge in [0.2, 0.25) is 0 Å². The monoisotopic (exact) mass is 327 g/mol. The summed E-state index contributed by atoms with van der Waals surface area (Å²) in [5.41, 5.74) is 0. The average Bonchev–Trinajstić information content (AvgIpc) is 2.87. The van der Waals surface area contributed by atoms with Crippen molar-refractivity contribution in [2.24, 2.45) is 7.05 Å². The van der Waals surface area contributed by atoms with Crippen molar-refractivity contribution in [3.05, 3.63) is 10.6 Å². The molecule has 0 aliphatic carbocycles. The number of thioether (sulfide) groups is 1. The SMILES string of the molecule is Cn1c(C2CCCN(C(=O)N3CCSCC3)C2)n[nH]c1=S. The minimum Gasteiger partial charge on any atom is -0.324 e. The zero-order chi connectivity index (χ0) is 14.8. The first kappa shape index (κ1) is 14.9. The van der Waals surface area contributed by atoms with Crippen LogP contribution in [0.1, 0.15) is 24.6 Å². The smallest absolute Gasteiger partial charge is 0.320 e. The van der Waals surface area contributed by atoms with Gasteiger partial charge in [-0.3, -0.25) is 5.10 Å². The number of urea groups is 1. The Morgan fingerprint density at radius 3 is 2.76 bits per heavy atom. The molecule has 1 aromatic heterocycles. The maximum Gasteiger partial charge on any atom is 0.320 e. The van der Waals surface area contributed by atoms with Gasteiger partial charge in [-0.15, -0.1) is 0 Å². The molecule has 1 atom stereocenters. The molecule has 1 unspecified atom stereocenters. The van der Waals surface area contributed by atoms with Crippen LogP contribution >= 0.6 is 24.0 Å². The predicted molar refractivity (Wildman–Crippen MR) is 86.2 cm³/mol. The summed E-state index contributed by atoms with van der Waals surface area (Å²) >= 11 is 7.10. The molecule has 2 aliphatic rings. The molecule has 2 saturated heterocycles. The van der Waals surface area contributed by atoms with Crippen LogP contribution in [0, 0.1) is 4.77 Å². The highest BCUT2D eigenvalue weighted by Gasteiger charge is 2.30. The molecule has 0 bridgehead atoms. The number of likely N-dealkylation sites (tertiary alicyclic amines) is 1. The van der Waals surface area contributed by atoms with Gasteiger partial charge in [0.15, 0.2) is 4.77 Å². The molecule has 0 saturated carbocycles. The van der Waals surface area contributed by atoms with E-state index < -0.39 is 0 Å².